The zero-order valence-electron chi connectivity index (χ0n) is 16.9. The molecule has 30 heavy (non-hydrogen) atoms. The average Bonchev–Trinajstić information content (AvgIpc) is 3.27. The van der Waals surface area contributed by atoms with Crippen molar-refractivity contribution in [1.82, 2.24) is 14.8 Å². The number of amides is 1. The van der Waals surface area contributed by atoms with E-state index in [2.05, 4.69) is 15.4 Å². The van der Waals surface area contributed by atoms with Gasteiger partial charge in [-0.1, -0.05) is 12.1 Å². The molecule has 0 spiro atoms. The molecule has 0 saturated heterocycles. The number of nitrogens with one attached hydrogen (secondary N) is 1. The number of benzene rings is 2. The third-order valence-corrected chi connectivity index (χ3v) is 4.30. The zero-order valence-corrected chi connectivity index (χ0v) is 16.9. The summed E-state index contributed by atoms with van der Waals surface area (Å²) in [5, 5.41) is 6.73. The maximum absolute atomic E-state index is 12.4. The first-order chi connectivity index (χ1) is 14.5. The minimum absolute atomic E-state index is 0.350. The van der Waals surface area contributed by atoms with Crippen molar-refractivity contribution in [3.63, 3.8) is 0 Å². The zero-order chi connectivity index (χ0) is 21.5. The minimum atomic E-state index is -0.986. The van der Waals surface area contributed by atoms with Gasteiger partial charge in [0.2, 0.25) is 0 Å². The summed E-state index contributed by atoms with van der Waals surface area (Å²) < 4.78 is 17.3. The van der Waals surface area contributed by atoms with Crippen molar-refractivity contribution in [3.8, 4) is 11.5 Å². The van der Waals surface area contributed by atoms with Gasteiger partial charge in [0.05, 0.1) is 26.3 Å². The van der Waals surface area contributed by atoms with E-state index in [0.717, 1.165) is 5.56 Å². The van der Waals surface area contributed by atoms with E-state index in [4.69, 9.17) is 14.2 Å². The third-order valence-electron chi connectivity index (χ3n) is 4.30. The molecular weight excluding hydrogens is 388 g/mol. The van der Waals surface area contributed by atoms with E-state index >= 15 is 0 Å². The van der Waals surface area contributed by atoms with Gasteiger partial charge in [-0.25, -0.2) is 14.5 Å². The second-order valence-corrected chi connectivity index (χ2v) is 6.40. The van der Waals surface area contributed by atoms with Crippen LogP contribution in [0.2, 0.25) is 0 Å². The molecule has 0 aliphatic carbocycles. The van der Waals surface area contributed by atoms with Crippen LogP contribution in [-0.2, 0) is 16.1 Å². The predicted molar refractivity (Wildman–Crippen MR) is 109 cm³/mol. The number of hydrogen-bond acceptors (Lipinski definition) is 7. The number of carbonyl (C=O) groups is 2. The van der Waals surface area contributed by atoms with Crippen LogP contribution in [-0.4, -0.2) is 47.0 Å². The van der Waals surface area contributed by atoms with E-state index in [1.54, 1.807) is 53.5 Å². The Morgan fingerprint density at radius 1 is 1.07 bits per heavy atom. The number of anilines is 1. The van der Waals surface area contributed by atoms with Gasteiger partial charge in [-0.05, 0) is 36.8 Å². The summed E-state index contributed by atoms with van der Waals surface area (Å²) in [5.41, 5.74) is 1.80. The summed E-state index contributed by atoms with van der Waals surface area (Å²) in [6.07, 6.45) is 2.08. The number of esters is 1. The number of carbonyl (C=O) groups excluding carboxylic acids is 2. The van der Waals surface area contributed by atoms with E-state index in [-0.39, 0.29) is 0 Å². The Labute approximate surface area is 173 Å². The Morgan fingerprint density at radius 2 is 1.80 bits per heavy atom. The van der Waals surface area contributed by atoms with Crippen molar-refractivity contribution in [2.24, 2.45) is 0 Å². The Hall–Kier alpha value is -3.88. The Kier molecular flexibility index (Phi) is 6.63. The van der Waals surface area contributed by atoms with Crippen molar-refractivity contribution in [2.75, 3.05) is 19.5 Å². The summed E-state index contributed by atoms with van der Waals surface area (Å²) in [6, 6.07) is 11.9. The smallest absolute Gasteiger partial charge is 0.338 e. The highest BCUT2D eigenvalue weighted by molar-refractivity contribution is 5.97. The molecule has 156 valence electrons. The van der Waals surface area contributed by atoms with Gasteiger partial charge in [0.15, 0.2) is 17.6 Å². The number of nitrogens with zero attached hydrogens (tertiary/aromatic N) is 3. The Balaban J connectivity index is 1.57. The minimum Gasteiger partial charge on any atom is -0.493 e. The first-order valence-corrected chi connectivity index (χ1v) is 9.15. The molecule has 0 fully saturated rings. The lowest BCUT2D eigenvalue weighted by Gasteiger charge is -2.15. The number of hydrogen-bond donors (Lipinski definition) is 1. The van der Waals surface area contributed by atoms with Crippen LogP contribution in [0.4, 0.5) is 5.69 Å². The molecule has 9 nitrogen and oxygen atoms in total. The van der Waals surface area contributed by atoms with Crippen LogP contribution in [0.25, 0.3) is 0 Å². The van der Waals surface area contributed by atoms with Gasteiger partial charge in [-0.15, -0.1) is 0 Å². The standard InChI is InChI=1S/C21H22N4O5/c1-14(20(26)24-17-8-9-18(28-2)19(10-17)29-3)30-21(27)16-6-4-15(5-7-16)11-25-13-22-12-23-25/h4-10,12-14H,11H2,1-3H3,(H,24,26). The van der Waals surface area contributed by atoms with E-state index in [9.17, 15) is 9.59 Å². The van der Waals surface area contributed by atoms with Crippen LogP contribution in [0.15, 0.2) is 55.1 Å². The fraction of sp³-hybridized carbons (Fsp3) is 0.238. The maximum atomic E-state index is 12.4. The quantitative estimate of drug-likeness (QED) is 0.569. The highest BCUT2D eigenvalue weighted by Crippen LogP contribution is 2.29. The molecule has 2 aromatic carbocycles. The van der Waals surface area contributed by atoms with Crippen LogP contribution in [0.3, 0.4) is 0 Å². The van der Waals surface area contributed by atoms with Crippen LogP contribution in [0, 0.1) is 0 Å². The summed E-state index contributed by atoms with van der Waals surface area (Å²) in [5.74, 6) is -0.0242. The predicted octanol–water partition coefficient (Wildman–Crippen LogP) is 2.53. The number of rotatable bonds is 8. The van der Waals surface area contributed by atoms with Crippen molar-refractivity contribution < 1.29 is 23.8 Å². The van der Waals surface area contributed by atoms with E-state index < -0.39 is 18.0 Å². The van der Waals surface area contributed by atoms with Gasteiger partial charge in [0.25, 0.3) is 5.91 Å². The molecule has 1 aromatic heterocycles. The molecule has 1 heterocycles. The van der Waals surface area contributed by atoms with Crippen molar-refractivity contribution in [1.29, 1.82) is 0 Å². The van der Waals surface area contributed by atoms with Crippen molar-refractivity contribution in [3.05, 3.63) is 66.2 Å². The highest BCUT2D eigenvalue weighted by atomic mass is 16.5. The number of aromatic nitrogens is 3. The average molecular weight is 410 g/mol. The summed E-state index contributed by atoms with van der Waals surface area (Å²) >= 11 is 0. The molecule has 0 bridgehead atoms. The number of ether oxygens (including phenoxy) is 3. The largest absolute Gasteiger partial charge is 0.493 e. The molecule has 1 atom stereocenters. The molecule has 3 aromatic rings. The molecular formula is C21H22N4O5. The third kappa shape index (κ3) is 5.13. The maximum Gasteiger partial charge on any atom is 0.338 e. The van der Waals surface area contributed by atoms with E-state index in [1.165, 1.54) is 27.5 Å². The van der Waals surface area contributed by atoms with Gasteiger partial charge >= 0.3 is 5.97 Å². The van der Waals surface area contributed by atoms with Crippen LogP contribution in [0.5, 0.6) is 11.5 Å². The molecule has 1 N–H and O–H groups in total. The van der Waals surface area contributed by atoms with Gasteiger partial charge in [-0.3, -0.25) is 4.79 Å². The van der Waals surface area contributed by atoms with Gasteiger partial charge < -0.3 is 19.5 Å². The number of methoxy groups -OCH3 is 2. The second-order valence-electron chi connectivity index (χ2n) is 6.40. The lowest BCUT2D eigenvalue weighted by Crippen LogP contribution is -2.30. The molecule has 9 heteroatoms. The molecule has 0 radical (unpaired) electrons. The fourth-order valence-corrected chi connectivity index (χ4v) is 2.69. The second kappa shape index (κ2) is 9.55. The monoisotopic (exact) mass is 410 g/mol. The molecule has 0 aliphatic heterocycles. The Bertz CT molecular complexity index is 1000. The first kappa shape index (κ1) is 20.8. The van der Waals surface area contributed by atoms with Gasteiger partial charge in [0, 0.05) is 11.8 Å². The van der Waals surface area contributed by atoms with Gasteiger partial charge in [-0.2, -0.15) is 5.10 Å². The van der Waals surface area contributed by atoms with Crippen LogP contribution in [0.1, 0.15) is 22.8 Å². The summed E-state index contributed by atoms with van der Waals surface area (Å²) in [4.78, 5) is 28.6. The molecule has 1 amide bonds. The van der Waals surface area contributed by atoms with E-state index in [1.807, 2.05) is 0 Å². The lowest BCUT2D eigenvalue weighted by molar-refractivity contribution is -0.123. The topological polar surface area (TPSA) is 105 Å². The molecule has 0 aliphatic rings. The Morgan fingerprint density at radius 3 is 2.43 bits per heavy atom. The van der Waals surface area contributed by atoms with Crippen molar-refractivity contribution in [2.45, 2.75) is 19.6 Å². The lowest BCUT2D eigenvalue weighted by atomic mass is 10.1. The van der Waals surface area contributed by atoms with Crippen LogP contribution >= 0.6 is 0 Å². The SMILES string of the molecule is COc1ccc(NC(=O)C(C)OC(=O)c2ccc(Cn3cncn3)cc2)cc1OC. The molecule has 1 unspecified atom stereocenters. The van der Waals surface area contributed by atoms with E-state index in [0.29, 0.717) is 29.3 Å². The van der Waals surface area contributed by atoms with Gasteiger partial charge in [0.1, 0.15) is 12.7 Å². The summed E-state index contributed by atoms with van der Waals surface area (Å²) in [7, 11) is 3.03. The molecule has 3 rings (SSSR count). The normalized spacial score (nSPS) is 11.4. The fourth-order valence-electron chi connectivity index (χ4n) is 2.69. The molecule has 0 saturated carbocycles. The summed E-state index contributed by atoms with van der Waals surface area (Å²) in [6.45, 7) is 2.05. The van der Waals surface area contributed by atoms with Crippen molar-refractivity contribution >= 4 is 17.6 Å². The first-order valence-electron chi connectivity index (χ1n) is 9.15. The highest BCUT2D eigenvalue weighted by Gasteiger charge is 2.19. The van der Waals surface area contributed by atoms with Crippen LogP contribution < -0.4 is 14.8 Å².